The Morgan fingerprint density at radius 3 is 2.73 bits per heavy atom. The molecule has 0 aliphatic carbocycles. The topological polar surface area (TPSA) is 79.2 Å². The predicted molar refractivity (Wildman–Crippen MR) is 98.9 cm³/mol. The molecule has 1 aliphatic rings. The van der Waals surface area contributed by atoms with Crippen LogP contribution >= 0.6 is 0 Å². The Bertz CT molecular complexity index is 1020. The normalized spacial score (nSPS) is 14.0. The summed E-state index contributed by atoms with van der Waals surface area (Å²) in [7, 11) is 0. The van der Waals surface area contributed by atoms with Crippen LogP contribution < -0.4 is 5.73 Å². The second-order valence-electron chi connectivity index (χ2n) is 6.39. The second kappa shape index (κ2) is 6.68. The van der Waals surface area contributed by atoms with Gasteiger partial charge in [-0.2, -0.15) is 0 Å². The number of nitrogens with one attached hydrogen (secondary N) is 1. The quantitative estimate of drug-likeness (QED) is 0.814. The van der Waals surface area contributed by atoms with Crippen LogP contribution in [0.4, 0.5) is 4.39 Å². The number of carbonyl (C=O) groups is 2. The lowest BCUT2D eigenvalue weighted by Crippen LogP contribution is -2.34. The number of nitrogens with zero attached hydrogens (tertiary/aromatic N) is 1. The summed E-state index contributed by atoms with van der Waals surface area (Å²) in [5, 5.41) is 0.637. The van der Waals surface area contributed by atoms with Crippen molar-refractivity contribution in [3.8, 4) is 11.8 Å². The highest BCUT2D eigenvalue weighted by molar-refractivity contribution is 6.09. The van der Waals surface area contributed by atoms with E-state index in [0.717, 1.165) is 11.3 Å². The standard InChI is InChI=1S/C20H20FN3O2/c1-4-6-16(25)24-8-5-7-13(10-24)18-15(21)9-14(20(22)26)19-17(18)11(2)12(3)23-19/h7,9,23H,5,8,10H2,1-3H3,(H2,22,26). The molecule has 2 aromatic rings. The minimum Gasteiger partial charge on any atom is -0.366 e. The van der Waals surface area contributed by atoms with Gasteiger partial charge in [-0.1, -0.05) is 12.0 Å². The van der Waals surface area contributed by atoms with Gasteiger partial charge in [-0.3, -0.25) is 9.59 Å². The van der Waals surface area contributed by atoms with Gasteiger partial charge in [0.1, 0.15) is 5.82 Å². The largest absolute Gasteiger partial charge is 0.366 e. The predicted octanol–water partition coefficient (Wildman–Crippen LogP) is 2.66. The fraction of sp³-hybridized carbons (Fsp3) is 0.300. The number of rotatable bonds is 2. The molecule has 3 N–H and O–H groups in total. The zero-order chi connectivity index (χ0) is 19.0. The highest BCUT2D eigenvalue weighted by Gasteiger charge is 2.25. The summed E-state index contributed by atoms with van der Waals surface area (Å²) in [6.45, 7) is 6.17. The molecule has 6 heteroatoms. The van der Waals surface area contributed by atoms with E-state index in [1.165, 1.54) is 6.07 Å². The number of primary amides is 1. The Balaban J connectivity index is 2.19. The maximum absolute atomic E-state index is 15.0. The molecule has 134 valence electrons. The van der Waals surface area contributed by atoms with Crippen molar-refractivity contribution in [2.24, 2.45) is 5.73 Å². The number of hydrogen-bond acceptors (Lipinski definition) is 2. The SMILES string of the molecule is CC#CC(=O)N1CCC=C(c2c(F)cc(C(N)=O)c3[nH]c(C)c(C)c23)C1. The fourth-order valence-electron chi connectivity index (χ4n) is 3.42. The summed E-state index contributed by atoms with van der Waals surface area (Å²) in [5.41, 5.74) is 8.90. The molecule has 0 fully saturated rings. The number of aryl methyl sites for hydroxylation is 2. The van der Waals surface area contributed by atoms with E-state index in [0.29, 0.717) is 35.0 Å². The van der Waals surface area contributed by atoms with Crippen LogP contribution in [0.25, 0.3) is 16.5 Å². The number of carbonyl (C=O) groups excluding carboxylic acids is 2. The van der Waals surface area contributed by atoms with Crippen LogP contribution in [0, 0.1) is 31.5 Å². The molecule has 2 heterocycles. The van der Waals surface area contributed by atoms with Crippen LogP contribution in [-0.4, -0.2) is 34.8 Å². The zero-order valence-electron chi connectivity index (χ0n) is 15.0. The third kappa shape index (κ3) is 2.86. The first-order valence-corrected chi connectivity index (χ1v) is 8.37. The molecular weight excluding hydrogens is 333 g/mol. The van der Waals surface area contributed by atoms with Crippen LogP contribution in [0.2, 0.25) is 0 Å². The van der Waals surface area contributed by atoms with Crippen molar-refractivity contribution in [1.82, 2.24) is 9.88 Å². The lowest BCUT2D eigenvalue weighted by Gasteiger charge is -2.26. The van der Waals surface area contributed by atoms with Gasteiger partial charge in [0, 0.05) is 29.7 Å². The van der Waals surface area contributed by atoms with E-state index >= 15 is 0 Å². The van der Waals surface area contributed by atoms with Crippen LogP contribution in [0.3, 0.4) is 0 Å². The molecule has 5 nitrogen and oxygen atoms in total. The maximum atomic E-state index is 15.0. The molecule has 0 saturated carbocycles. The van der Waals surface area contributed by atoms with Gasteiger partial charge in [0.05, 0.1) is 11.1 Å². The number of nitrogens with two attached hydrogens (primary N) is 1. The van der Waals surface area contributed by atoms with E-state index in [1.807, 2.05) is 19.9 Å². The number of H-pyrrole nitrogens is 1. The van der Waals surface area contributed by atoms with Crippen molar-refractivity contribution in [2.75, 3.05) is 13.1 Å². The average Bonchev–Trinajstić information content (AvgIpc) is 2.90. The molecule has 1 aromatic carbocycles. The Labute approximate surface area is 151 Å². The molecule has 1 aliphatic heterocycles. The Hall–Kier alpha value is -3.07. The van der Waals surface area contributed by atoms with Gasteiger partial charge in [-0.25, -0.2) is 4.39 Å². The molecule has 0 spiro atoms. The molecule has 3 rings (SSSR count). The van der Waals surface area contributed by atoms with Gasteiger partial charge >= 0.3 is 0 Å². The van der Waals surface area contributed by atoms with Crippen LogP contribution in [0.5, 0.6) is 0 Å². The van der Waals surface area contributed by atoms with Gasteiger partial charge in [-0.05, 0) is 50.3 Å². The van der Waals surface area contributed by atoms with Crippen molar-refractivity contribution < 1.29 is 14.0 Å². The first kappa shape index (κ1) is 17.7. The third-order valence-electron chi connectivity index (χ3n) is 4.79. The lowest BCUT2D eigenvalue weighted by molar-refractivity contribution is -0.124. The minimum atomic E-state index is -0.686. The Morgan fingerprint density at radius 2 is 2.08 bits per heavy atom. The molecule has 26 heavy (non-hydrogen) atoms. The van der Waals surface area contributed by atoms with Gasteiger partial charge in [0.25, 0.3) is 11.8 Å². The maximum Gasteiger partial charge on any atom is 0.298 e. The summed E-state index contributed by atoms with van der Waals surface area (Å²) < 4.78 is 15.0. The highest BCUT2D eigenvalue weighted by Crippen LogP contribution is 2.35. The molecule has 0 radical (unpaired) electrons. The number of fused-ring (bicyclic) bond motifs is 1. The van der Waals surface area contributed by atoms with E-state index in [1.54, 1.807) is 11.8 Å². The third-order valence-corrected chi connectivity index (χ3v) is 4.79. The van der Waals surface area contributed by atoms with Gasteiger partial charge in [-0.15, -0.1) is 0 Å². The first-order valence-electron chi connectivity index (χ1n) is 8.37. The summed E-state index contributed by atoms with van der Waals surface area (Å²) in [4.78, 5) is 28.6. The van der Waals surface area contributed by atoms with Crippen molar-refractivity contribution in [3.63, 3.8) is 0 Å². The summed E-state index contributed by atoms with van der Waals surface area (Å²) >= 11 is 0. The number of aromatic amines is 1. The second-order valence-corrected chi connectivity index (χ2v) is 6.39. The lowest BCUT2D eigenvalue weighted by atomic mass is 9.93. The molecule has 2 amide bonds. The summed E-state index contributed by atoms with van der Waals surface area (Å²) in [6, 6.07) is 1.17. The molecule has 0 unspecified atom stereocenters. The van der Waals surface area contributed by atoms with Crippen molar-refractivity contribution >= 4 is 28.3 Å². The number of aromatic nitrogens is 1. The van der Waals surface area contributed by atoms with Gasteiger partial charge in [0.2, 0.25) is 0 Å². The zero-order valence-corrected chi connectivity index (χ0v) is 15.0. The highest BCUT2D eigenvalue weighted by atomic mass is 19.1. The number of amides is 2. The molecule has 1 aromatic heterocycles. The molecule has 0 atom stereocenters. The van der Waals surface area contributed by atoms with Gasteiger partial charge < -0.3 is 15.6 Å². The van der Waals surface area contributed by atoms with Crippen molar-refractivity contribution in [3.05, 3.63) is 40.3 Å². The summed E-state index contributed by atoms with van der Waals surface area (Å²) in [5.74, 6) is 3.65. The smallest absolute Gasteiger partial charge is 0.298 e. The van der Waals surface area contributed by atoms with E-state index < -0.39 is 11.7 Å². The van der Waals surface area contributed by atoms with E-state index in [2.05, 4.69) is 16.8 Å². The molecular formula is C20H20FN3O2. The van der Waals surface area contributed by atoms with Crippen LogP contribution in [0.1, 0.15) is 40.5 Å². The van der Waals surface area contributed by atoms with Crippen LogP contribution in [0.15, 0.2) is 12.1 Å². The van der Waals surface area contributed by atoms with E-state index in [4.69, 9.17) is 5.73 Å². The average molecular weight is 353 g/mol. The fourth-order valence-corrected chi connectivity index (χ4v) is 3.42. The van der Waals surface area contributed by atoms with E-state index in [9.17, 15) is 14.0 Å². The van der Waals surface area contributed by atoms with E-state index in [-0.39, 0.29) is 18.0 Å². The number of hydrogen-bond donors (Lipinski definition) is 2. The molecule has 0 saturated heterocycles. The van der Waals surface area contributed by atoms with Crippen LogP contribution in [-0.2, 0) is 4.79 Å². The summed E-state index contributed by atoms with van der Waals surface area (Å²) in [6.07, 6.45) is 2.56. The Morgan fingerprint density at radius 1 is 1.35 bits per heavy atom. The van der Waals surface area contributed by atoms with Gasteiger partial charge in [0.15, 0.2) is 0 Å². The number of benzene rings is 1. The van der Waals surface area contributed by atoms with Crippen molar-refractivity contribution in [1.29, 1.82) is 0 Å². The Kier molecular flexibility index (Phi) is 4.56. The molecule has 0 bridgehead atoms. The van der Waals surface area contributed by atoms with Crippen molar-refractivity contribution in [2.45, 2.75) is 27.2 Å². The first-order chi connectivity index (χ1) is 12.3. The number of halogens is 1. The minimum absolute atomic E-state index is 0.124. The monoisotopic (exact) mass is 353 g/mol.